The Bertz CT molecular complexity index is 916. The summed E-state index contributed by atoms with van der Waals surface area (Å²) in [5, 5.41) is 23.2. The van der Waals surface area contributed by atoms with Crippen molar-refractivity contribution in [1.82, 2.24) is 5.32 Å². The molecule has 0 aromatic carbocycles. The molecule has 1 amide bonds. The van der Waals surface area contributed by atoms with Crippen LogP contribution in [0.3, 0.4) is 0 Å². The Morgan fingerprint density at radius 3 is 0.873 bits per heavy atom. The Balaban J connectivity index is 3.43. The number of rotatable bonds is 54. The Kier molecular flexibility index (Phi) is 54.2. The summed E-state index contributed by atoms with van der Waals surface area (Å²) in [5.74, 6) is -0.0639. The molecule has 3 N–H and O–H groups in total. The Hall–Kier alpha value is -1.13. The standard InChI is InChI=1S/C59H115NO3/c1-3-5-7-9-11-13-15-17-19-21-23-24-25-26-27-28-29-30-31-32-33-34-35-36-37-38-40-42-44-46-48-50-52-54-58(62)57(56-61)60-59(63)55-53-51-49-47-45-43-41-39-22-20-18-16-14-12-10-8-6-4-2/h20,22,52,54,57-58,61-62H,3-19,21,23-51,53,55-56H2,1-2H3,(H,60,63)/b22-20-,54-52+. The normalized spacial score (nSPS) is 12.9. The van der Waals surface area contributed by atoms with E-state index in [0.29, 0.717) is 6.42 Å². The fraction of sp³-hybridized carbons (Fsp3) is 0.915. The highest BCUT2D eigenvalue weighted by molar-refractivity contribution is 5.76. The number of hydrogen-bond acceptors (Lipinski definition) is 3. The first-order chi connectivity index (χ1) is 31.2. The molecule has 0 spiro atoms. The van der Waals surface area contributed by atoms with E-state index in [2.05, 4.69) is 31.3 Å². The second-order valence-electron chi connectivity index (χ2n) is 20.1. The van der Waals surface area contributed by atoms with Crippen LogP contribution in [0.1, 0.15) is 328 Å². The highest BCUT2D eigenvalue weighted by Gasteiger charge is 2.18. The molecular weight excluding hydrogens is 771 g/mol. The van der Waals surface area contributed by atoms with Crippen LogP contribution in [-0.4, -0.2) is 34.9 Å². The van der Waals surface area contributed by atoms with Gasteiger partial charge in [-0.1, -0.05) is 301 Å². The van der Waals surface area contributed by atoms with Gasteiger partial charge < -0.3 is 15.5 Å². The van der Waals surface area contributed by atoms with E-state index >= 15 is 0 Å². The summed E-state index contributed by atoms with van der Waals surface area (Å²) in [6, 6.07) is -0.623. The molecular formula is C59H115NO3. The van der Waals surface area contributed by atoms with Gasteiger partial charge in [0.15, 0.2) is 0 Å². The summed E-state index contributed by atoms with van der Waals surface area (Å²) < 4.78 is 0. The highest BCUT2D eigenvalue weighted by Crippen LogP contribution is 2.18. The van der Waals surface area contributed by atoms with Crippen LogP contribution in [0, 0.1) is 0 Å². The lowest BCUT2D eigenvalue weighted by molar-refractivity contribution is -0.123. The fourth-order valence-corrected chi connectivity index (χ4v) is 9.24. The van der Waals surface area contributed by atoms with Gasteiger partial charge in [0, 0.05) is 6.42 Å². The third-order valence-electron chi connectivity index (χ3n) is 13.7. The van der Waals surface area contributed by atoms with Crippen molar-refractivity contribution in [3.05, 3.63) is 24.3 Å². The maximum Gasteiger partial charge on any atom is 0.220 e. The molecule has 374 valence electrons. The number of unbranched alkanes of at least 4 members (excludes halogenated alkanes) is 45. The Morgan fingerprint density at radius 1 is 0.365 bits per heavy atom. The van der Waals surface area contributed by atoms with Gasteiger partial charge in [-0.25, -0.2) is 0 Å². The van der Waals surface area contributed by atoms with Crippen molar-refractivity contribution >= 4 is 5.91 Å². The number of hydrogen-bond donors (Lipinski definition) is 3. The number of nitrogens with one attached hydrogen (secondary N) is 1. The van der Waals surface area contributed by atoms with Crippen LogP contribution < -0.4 is 5.32 Å². The van der Waals surface area contributed by atoms with E-state index in [0.717, 1.165) is 25.7 Å². The van der Waals surface area contributed by atoms with E-state index in [9.17, 15) is 15.0 Å². The molecule has 0 aliphatic carbocycles. The van der Waals surface area contributed by atoms with Crippen molar-refractivity contribution in [1.29, 1.82) is 0 Å². The summed E-state index contributed by atoms with van der Waals surface area (Å²) in [5.41, 5.74) is 0. The van der Waals surface area contributed by atoms with E-state index in [1.54, 1.807) is 6.08 Å². The second kappa shape index (κ2) is 55.2. The van der Waals surface area contributed by atoms with Gasteiger partial charge in [-0.2, -0.15) is 0 Å². The molecule has 63 heavy (non-hydrogen) atoms. The second-order valence-corrected chi connectivity index (χ2v) is 20.1. The fourth-order valence-electron chi connectivity index (χ4n) is 9.24. The average molecular weight is 887 g/mol. The van der Waals surface area contributed by atoms with E-state index in [1.807, 2.05) is 6.08 Å². The number of aliphatic hydroxyl groups is 2. The van der Waals surface area contributed by atoms with Gasteiger partial charge in [-0.15, -0.1) is 0 Å². The van der Waals surface area contributed by atoms with Crippen molar-refractivity contribution < 1.29 is 15.0 Å². The summed E-state index contributed by atoms with van der Waals surface area (Å²) in [7, 11) is 0. The molecule has 0 aliphatic heterocycles. The summed E-state index contributed by atoms with van der Waals surface area (Å²) in [6.07, 6.45) is 73.6. The van der Waals surface area contributed by atoms with Gasteiger partial charge in [0.2, 0.25) is 5.91 Å². The maximum absolute atomic E-state index is 12.4. The van der Waals surface area contributed by atoms with Gasteiger partial charge in [-0.05, 0) is 44.9 Å². The molecule has 0 aromatic rings. The van der Waals surface area contributed by atoms with Gasteiger partial charge in [0.25, 0.3) is 0 Å². The molecule has 0 rings (SSSR count). The van der Waals surface area contributed by atoms with Crippen LogP contribution in [0.4, 0.5) is 0 Å². The lowest BCUT2D eigenvalue weighted by Crippen LogP contribution is -2.45. The zero-order chi connectivity index (χ0) is 45.6. The van der Waals surface area contributed by atoms with Crippen molar-refractivity contribution in [2.45, 2.75) is 341 Å². The van der Waals surface area contributed by atoms with Crippen LogP contribution in [-0.2, 0) is 4.79 Å². The first-order valence-electron chi connectivity index (χ1n) is 29.1. The largest absolute Gasteiger partial charge is 0.394 e. The topological polar surface area (TPSA) is 69.6 Å². The number of aliphatic hydroxyl groups excluding tert-OH is 2. The Labute approximate surface area is 396 Å². The first kappa shape index (κ1) is 61.9. The SMILES string of the molecule is CCCCCCCCC/C=C\CCCCCCCCCC(=O)NC(CO)C(O)/C=C/CCCCCCCCCCCCCCCCCCCCCCCCCCCCCCCCC. The lowest BCUT2D eigenvalue weighted by Gasteiger charge is -2.20. The molecule has 4 nitrogen and oxygen atoms in total. The summed E-state index contributed by atoms with van der Waals surface area (Å²) in [6.45, 7) is 4.34. The van der Waals surface area contributed by atoms with Gasteiger partial charge >= 0.3 is 0 Å². The molecule has 0 aromatic heterocycles. The zero-order valence-electron chi connectivity index (χ0n) is 43.1. The third kappa shape index (κ3) is 51.7. The van der Waals surface area contributed by atoms with Crippen LogP contribution in [0.5, 0.6) is 0 Å². The average Bonchev–Trinajstić information content (AvgIpc) is 3.29. The minimum absolute atomic E-state index is 0.0639. The van der Waals surface area contributed by atoms with Crippen LogP contribution in [0.15, 0.2) is 24.3 Å². The predicted octanol–water partition coefficient (Wildman–Crippen LogP) is 19.1. The minimum atomic E-state index is -0.840. The lowest BCUT2D eigenvalue weighted by atomic mass is 10.0. The van der Waals surface area contributed by atoms with Crippen LogP contribution in [0.25, 0.3) is 0 Å². The number of carbonyl (C=O) groups is 1. The molecule has 0 saturated carbocycles. The first-order valence-corrected chi connectivity index (χ1v) is 29.1. The molecule has 0 saturated heterocycles. The molecule has 2 atom stereocenters. The monoisotopic (exact) mass is 886 g/mol. The van der Waals surface area contributed by atoms with Gasteiger partial charge in [0.1, 0.15) is 0 Å². The summed E-state index contributed by atoms with van der Waals surface area (Å²) in [4.78, 5) is 12.4. The minimum Gasteiger partial charge on any atom is -0.394 e. The number of amides is 1. The van der Waals surface area contributed by atoms with Gasteiger partial charge in [0.05, 0.1) is 18.8 Å². The van der Waals surface area contributed by atoms with Gasteiger partial charge in [-0.3, -0.25) is 4.79 Å². The highest BCUT2D eigenvalue weighted by atomic mass is 16.3. The van der Waals surface area contributed by atoms with Crippen molar-refractivity contribution in [2.24, 2.45) is 0 Å². The number of allylic oxidation sites excluding steroid dienone is 3. The van der Waals surface area contributed by atoms with E-state index in [4.69, 9.17) is 0 Å². The molecule has 2 unspecified atom stereocenters. The molecule has 0 bridgehead atoms. The smallest absolute Gasteiger partial charge is 0.220 e. The van der Waals surface area contributed by atoms with E-state index in [1.165, 1.54) is 283 Å². The predicted molar refractivity (Wildman–Crippen MR) is 281 cm³/mol. The number of carbonyl (C=O) groups excluding carboxylic acids is 1. The zero-order valence-corrected chi connectivity index (χ0v) is 43.1. The van der Waals surface area contributed by atoms with E-state index in [-0.39, 0.29) is 12.5 Å². The maximum atomic E-state index is 12.4. The molecule has 4 heteroatoms. The third-order valence-corrected chi connectivity index (χ3v) is 13.7. The van der Waals surface area contributed by atoms with Crippen molar-refractivity contribution in [2.75, 3.05) is 6.61 Å². The molecule has 0 radical (unpaired) electrons. The molecule has 0 heterocycles. The Morgan fingerprint density at radius 2 is 0.603 bits per heavy atom. The van der Waals surface area contributed by atoms with E-state index < -0.39 is 12.1 Å². The van der Waals surface area contributed by atoms with Crippen LogP contribution >= 0.6 is 0 Å². The molecule has 0 fully saturated rings. The van der Waals surface area contributed by atoms with Crippen molar-refractivity contribution in [3.8, 4) is 0 Å². The van der Waals surface area contributed by atoms with Crippen molar-refractivity contribution in [3.63, 3.8) is 0 Å². The molecule has 0 aliphatic rings. The van der Waals surface area contributed by atoms with Crippen LogP contribution in [0.2, 0.25) is 0 Å². The summed E-state index contributed by atoms with van der Waals surface area (Å²) >= 11 is 0. The quantitative estimate of drug-likeness (QED) is 0.0421.